The van der Waals surface area contributed by atoms with Crippen molar-refractivity contribution in [2.24, 2.45) is 0 Å². The molecule has 0 radical (unpaired) electrons. The smallest absolute Gasteiger partial charge is 0.271 e. The Labute approximate surface area is 119 Å². The zero-order valence-electron chi connectivity index (χ0n) is 11.9. The molecule has 1 aliphatic rings. The minimum atomic E-state index is -0.00255. The van der Waals surface area contributed by atoms with Crippen molar-refractivity contribution < 1.29 is 0 Å². The van der Waals surface area contributed by atoms with E-state index in [-0.39, 0.29) is 5.56 Å². The molecule has 1 N–H and O–H groups in total. The summed E-state index contributed by atoms with van der Waals surface area (Å²) < 4.78 is 1.95. The van der Waals surface area contributed by atoms with Crippen LogP contribution in [-0.4, -0.2) is 33.8 Å². The predicted molar refractivity (Wildman–Crippen MR) is 80.8 cm³/mol. The first-order valence-corrected chi connectivity index (χ1v) is 7.37. The normalized spacial score (nSPS) is 19.6. The van der Waals surface area contributed by atoms with Crippen LogP contribution in [0, 0.1) is 0 Å². The molecule has 1 unspecified atom stereocenters. The lowest BCUT2D eigenvalue weighted by molar-refractivity contribution is 0.238. The van der Waals surface area contributed by atoms with Gasteiger partial charge in [0.1, 0.15) is 0 Å². The van der Waals surface area contributed by atoms with Gasteiger partial charge in [-0.3, -0.25) is 19.5 Å². The Balaban J connectivity index is 1.81. The summed E-state index contributed by atoms with van der Waals surface area (Å²) in [7, 11) is 0. The second-order valence-electron chi connectivity index (χ2n) is 5.43. The molecule has 1 saturated heterocycles. The fraction of sp³-hybridized carbons (Fsp3) is 0.438. The molecular weight excluding hydrogens is 250 g/mol. The number of likely N-dealkylation sites (tertiary alicyclic amines) is 1. The molecule has 2 aromatic rings. The molecule has 1 aromatic heterocycles. The van der Waals surface area contributed by atoms with Crippen LogP contribution in [0.5, 0.6) is 0 Å². The largest absolute Gasteiger partial charge is 0.299 e. The van der Waals surface area contributed by atoms with Crippen molar-refractivity contribution in [1.29, 1.82) is 0 Å². The van der Waals surface area contributed by atoms with Crippen LogP contribution in [0.4, 0.5) is 0 Å². The summed E-state index contributed by atoms with van der Waals surface area (Å²) in [6.45, 7) is 5.34. The van der Waals surface area contributed by atoms with Crippen LogP contribution < -0.4 is 5.56 Å². The van der Waals surface area contributed by atoms with E-state index in [0.29, 0.717) is 6.04 Å². The van der Waals surface area contributed by atoms with Crippen LogP contribution >= 0.6 is 0 Å². The maximum Gasteiger partial charge on any atom is 0.271 e. The lowest BCUT2D eigenvalue weighted by atomic mass is 10.1. The molecule has 0 bridgehead atoms. The highest BCUT2D eigenvalue weighted by Gasteiger charge is 2.23. The zero-order valence-corrected chi connectivity index (χ0v) is 11.9. The van der Waals surface area contributed by atoms with E-state index in [1.165, 1.54) is 19.4 Å². The van der Waals surface area contributed by atoms with E-state index in [2.05, 4.69) is 16.9 Å². The molecule has 0 amide bonds. The van der Waals surface area contributed by atoms with Crippen LogP contribution in [0.2, 0.25) is 0 Å². The third kappa shape index (κ3) is 2.56. The van der Waals surface area contributed by atoms with Crippen molar-refractivity contribution in [2.45, 2.75) is 32.4 Å². The number of likely N-dealkylation sites (N-methyl/N-ethyl adjacent to an activating group) is 1. The quantitative estimate of drug-likeness (QED) is 0.927. The average Bonchev–Trinajstić information content (AvgIpc) is 3.06. The van der Waals surface area contributed by atoms with Gasteiger partial charge >= 0.3 is 0 Å². The molecule has 1 atom stereocenters. The van der Waals surface area contributed by atoms with E-state index < -0.39 is 0 Å². The van der Waals surface area contributed by atoms with Crippen LogP contribution in [0.15, 0.2) is 41.3 Å². The molecule has 106 valence electrons. The summed E-state index contributed by atoms with van der Waals surface area (Å²) in [5.41, 5.74) is 1.73. The third-order valence-electron chi connectivity index (χ3n) is 4.17. The van der Waals surface area contributed by atoms with Crippen molar-refractivity contribution in [1.82, 2.24) is 14.7 Å². The Bertz CT molecular complexity index is 614. The van der Waals surface area contributed by atoms with Gasteiger partial charge in [-0.2, -0.15) is 0 Å². The predicted octanol–water partition coefficient (Wildman–Crippen LogP) is 2.33. The molecule has 0 saturated carbocycles. The minimum absolute atomic E-state index is 0.00255. The number of rotatable bonds is 4. The molecular formula is C16H21N3O. The van der Waals surface area contributed by atoms with E-state index in [9.17, 15) is 4.79 Å². The number of nitrogens with one attached hydrogen (secondary N) is 1. The summed E-state index contributed by atoms with van der Waals surface area (Å²) in [5, 5.41) is 2.95. The van der Waals surface area contributed by atoms with Gasteiger partial charge in [0.05, 0.1) is 12.1 Å². The topological polar surface area (TPSA) is 41.0 Å². The molecule has 1 fully saturated rings. The summed E-state index contributed by atoms with van der Waals surface area (Å²) in [4.78, 5) is 14.6. The zero-order chi connectivity index (χ0) is 13.9. The molecule has 0 aliphatic carbocycles. The SMILES string of the molecule is CCN1CCCC1Cn1cc(-c2ccccc2)c(=O)[nH]1. The molecule has 1 aliphatic heterocycles. The number of hydrogen-bond donors (Lipinski definition) is 1. The van der Waals surface area contributed by atoms with Gasteiger partial charge in [-0.1, -0.05) is 37.3 Å². The summed E-state index contributed by atoms with van der Waals surface area (Å²) in [5.74, 6) is 0. The second-order valence-corrected chi connectivity index (χ2v) is 5.43. The van der Waals surface area contributed by atoms with Crippen molar-refractivity contribution in [2.75, 3.05) is 13.1 Å². The number of nitrogens with zero attached hydrogens (tertiary/aromatic N) is 2. The van der Waals surface area contributed by atoms with E-state index >= 15 is 0 Å². The molecule has 2 heterocycles. The Hall–Kier alpha value is -1.81. The van der Waals surface area contributed by atoms with Gasteiger partial charge in [0.15, 0.2) is 0 Å². The van der Waals surface area contributed by atoms with E-state index in [4.69, 9.17) is 0 Å². The fourth-order valence-electron chi connectivity index (χ4n) is 3.10. The number of benzene rings is 1. The summed E-state index contributed by atoms with van der Waals surface area (Å²) in [6.07, 6.45) is 4.42. The highest BCUT2D eigenvalue weighted by atomic mass is 16.1. The maximum absolute atomic E-state index is 12.1. The minimum Gasteiger partial charge on any atom is -0.299 e. The molecule has 4 nitrogen and oxygen atoms in total. The lowest BCUT2D eigenvalue weighted by Crippen LogP contribution is -2.33. The highest BCUT2D eigenvalue weighted by molar-refractivity contribution is 5.61. The third-order valence-corrected chi connectivity index (χ3v) is 4.17. The second kappa shape index (κ2) is 5.67. The van der Waals surface area contributed by atoms with E-state index in [1.54, 1.807) is 0 Å². The van der Waals surface area contributed by atoms with Crippen LogP contribution in [0.1, 0.15) is 19.8 Å². The standard InChI is InChI=1S/C16H21N3O/c1-2-18-10-6-9-14(18)11-19-12-15(16(20)17-19)13-7-4-3-5-8-13/h3-5,7-8,12,14H,2,6,9-11H2,1H3,(H,17,20). The Kier molecular flexibility index (Phi) is 3.74. The Morgan fingerprint density at radius 3 is 2.85 bits per heavy atom. The van der Waals surface area contributed by atoms with Crippen molar-refractivity contribution in [3.63, 3.8) is 0 Å². The molecule has 0 spiro atoms. The highest BCUT2D eigenvalue weighted by Crippen LogP contribution is 2.19. The van der Waals surface area contributed by atoms with Gasteiger partial charge < -0.3 is 0 Å². The number of aromatic nitrogens is 2. The van der Waals surface area contributed by atoms with Gasteiger partial charge in [0.25, 0.3) is 5.56 Å². The van der Waals surface area contributed by atoms with Crippen molar-refractivity contribution >= 4 is 0 Å². The molecule has 1 aromatic carbocycles. The molecule has 3 rings (SSSR count). The van der Waals surface area contributed by atoms with Gasteiger partial charge in [0, 0.05) is 12.2 Å². The van der Waals surface area contributed by atoms with Crippen molar-refractivity contribution in [3.05, 3.63) is 46.9 Å². The first kappa shape index (κ1) is 13.2. The van der Waals surface area contributed by atoms with E-state index in [1.807, 2.05) is 41.2 Å². The number of H-pyrrole nitrogens is 1. The van der Waals surface area contributed by atoms with Crippen LogP contribution in [-0.2, 0) is 6.54 Å². The van der Waals surface area contributed by atoms with Crippen LogP contribution in [0.25, 0.3) is 11.1 Å². The Morgan fingerprint density at radius 1 is 1.30 bits per heavy atom. The average molecular weight is 271 g/mol. The van der Waals surface area contributed by atoms with Crippen LogP contribution in [0.3, 0.4) is 0 Å². The first-order valence-electron chi connectivity index (χ1n) is 7.37. The molecule has 4 heteroatoms. The number of hydrogen-bond acceptors (Lipinski definition) is 2. The van der Waals surface area contributed by atoms with Gasteiger partial charge in [0.2, 0.25) is 0 Å². The van der Waals surface area contributed by atoms with Gasteiger partial charge in [-0.15, -0.1) is 0 Å². The van der Waals surface area contributed by atoms with E-state index in [0.717, 1.165) is 24.2 Å². The number of aromatic amines is 1. The first-order chi connectivity index (χ1) is 9.78. The fourth-order valence-corrected chi connectivity index (χ4v) is 3.10. The maximum atomic E-state index is 12.1. The monoisotopic (exact) mass is 271 g/mol. The molecule has 20 heavy (non-hydrogen) atoms. The summed E-state index contributed by atoms with van der Waals surface area (Å²) >= 11 is 0. The van der Waals surface area contributed by atoms with Gasteiger partial charge in [-0.25, -0.2) is 0 Å². The summed E-state index contributed by atoms with van der Waals surface area (Å²) in [6, 6.07) is 10.4. The lowest BCUT2D eigenvalue weighted by Gasteiger charge is -2.22. The Morgan fingerprint density at radius 2 is 2.10 bits per heavy atom. The van der Waals surface area contributed by atoms with Crippen molar-refractivity contribution in [3.8, 4) is 11.1 Å². The van der Waals surface area contributed by atoms with Gasteiger partial charge in [-0.05, 0) is 31.5 Å².